The van der Waals surface area contributed by atoms with E-state index in [-0.39, 0.29) is 24.0 Å². The molecule has 2 N–H and O–H groups in total. The Kier molecular flexibility index (Phi) is 9.37. The zero-order chi connectivity index (χ0) is 19.8. The molecule has 3 rings (SSSR count). The van der Waals surface area contributed by atoms with Crippen molar-refractivity contribution >= 4 is 35.6 Å². The number of phenolic OH excluding ortho intramolecular Hbond substituents is 1. The Balaban J connectivity index is 0.00000300. The quantitative estimate of drug-likeness (QED) is 0.355. The summed E-state index contributed by atoms with van der Waals surface area (Å²) in [6.07, 6.45) is 0.882. The summed E-state index contributed by atoms with van der Waals surface area (Å²) in [6, 6.07) is 15.7. The molecule has 1 aliphatic heterocycles. The highest BCUT2D eigenvalue weighted by atomic mass is 127. The van der Waals surface area contributed by atoms with E-state index in [0.29, 0.717) is 12.4 Å². The van der Waals surface area contributed by atoms with Crippen LogP contribution in [0.5, 0.6) is 11.5 Å². The summed E-state index contributed by atoms with van der Waals surface area (Å²) in [6.45, 7) is 6.92. The van der Waals surface area contributed by atoms with E-state index >= 15 is 0 Å². The van der Waals surface area contributed by atoms with Gasteiger partial charge in [-0.15, -0.1) is 24.0 Å². The number of anilines is 1. The number of guanidine groups is 1. The van der Waals surface area contributed by atoms with E-state index in [2.05, 4.69) is 26.2 Å². The predicted octanol–water partition coefficient (Wildman–Crippen LogP) is 3.35. The first-order chi connectivity index (χ1) is 13.7. The molecule has 2 aromatic rings. The van der Waals surface area contributed by atoms with Crippen LogP contribution in [-0.4, -0.2) is 62.3 Å². The van der Waals surface area contributed by atoms with E-state index in [4.69, 9.17) is 4.74 Å². The van der Waals surface area contributed by atoms with Gasteiger partial charge < -0.3 is 25.0 Å². The molecule has 7 heteroatoms. The van der Waals surface area contributed by atoms with E-state index in [1.807, 2.05) is 50.4 Å². The first-order valence-electron chi connectivity index (χ1n) is 9.92. The molecule has 1 saturated heterocycles. The van der Waals surface area contributed by atoms with Crippen LogP contribution in [0.25, 0.3) is 0 Å². The molecular weight excluding hydrogens is 479 g/mol. The lowest BCUT2D eigenvalue weighted by Gasteiger charge is -2.37. The molecule has 0 saturated carbocycles. The number of ether oxygens (including phenoxy) is 1. The van der Waals surface area contributed by atoms with Gasteiger partial charge in [0.25, 0.3) is 0 Å². The fourth-order valence-electron chi connectivity index (χ4n) is 3.54. The molecule has 2 aromatic carbocycles. The fourth-order valence-corrected chi connectivity index (χ4v) is 3.54. The van der Waals surface area contributed by atoms with Gasteiger partial charge in [0, 0.05) is 39.8 Å². The Morgan fingerprint density at radius 1 is 1.07 bits per heavy atom. The number of aromatic hydroxyl groups is 1. The molecule has 1 aliphatic rings. The second kappa shape index (κ2) is 11.7. The lowest BCUT2D eigenvalue weighted by molar-refractivity contribution is 0.336. The Bertz CT molecular complexity index is 792. The number of aliphatic imine (C=N–C) groups is 1. The number of hydrogen-bond donors (Lipinski definition) is 2. The number of benzene rings is 2. The molecule has 158 valence electrons. The number of nitrogens with one attached hydrogen (secondary N) is 1. The maximum Gasteiger partial charge on any atom is 0.193 e. The topological polar surface area (TPSA) is 60.3 Å². The second-order valence-electron chi connectivity index (χ2n) is 6.73. The number of hydrogen-bond acceptors (Lipinski definition) is 4. The molecular formula is C22H31IN4O2. The van der Waals surface area contributed by atoms with Crippen molar-refractivity contribution in [2.45, 2.75) is 13.3 Å². The van der Waals surface area contributed by atoms with Crippen LogP contribution >= 0.6 is 24.0 Å². The lowest BCUT2D eigenvalue weighted by atomic mass is 10.1. The zero-order valence-electron chi connectivity index (χ0n) is 17.2. The van der Waals surface area contributed by atoms with E-state index in [1.54, 1.807) is 6.07 Å². The number of para-hydroxylation sites is 3. The molecule has 0 aliphatic carbocycles. The van der Waals surface area contributed by atoms with Crippen LogP contribution in [-0.2, 0) is 6.42 Å². The monoisotopic (exact) mass is 510 g/mol. The third-order valence-corrected chi connectivity index (χ3v) is 4.96. The predicted molar refractivity (Wildman–Crippen MR) is 130 cm³/mol. The van der Waals surface area contributed by atoms with Gasteiger partial charge in [0.1, 0.15) is 11.5 Å². The van der Waals surface area contributed by atoms with Gasteiger partial charge in [-0.05, 0) is 37.1 Å². The van der Waals surface area contributed by atoms with Gasteiger partial charge in [-0.25, -0.2) is 0 Å². The minimum atomic E-state index is 0. The molecule has 0 atom stereocenters. The van der Waals surface area contributed by atoms with Crippen LogP contribution in [0.3, 0.4) is 0 Å². The summed E-state index contributed by atoms with van der Waals surface area (Å²) in [7, 11) is 1.83. The summed E-state index contributed by atoms with van der Waals surface area (Å²) >= 11 is 0. The van der Waals surface area contributed by atoms with Crippen LogP contribution in [0.2, 0.25) is 0 Å². The second-order valence-corrected chi connectivity index (χ2v) is 6.73. The average Bonchev–Trinajstić information content (AvgIpc) is 2.73. The normalized spacial score (nSPS) is 14.3. The Morgan fingerprint density at radius 3 is 2.45 bits per heavy atom. The lowest BCUT2D eigenvalue weighted by Crippen LogP contribution is -2.52. The van der Waals surface area contributed by atoms with Gasteiger partial charge in [-0.1, -0.05) is 30.3 Å². The standard InChI is InChI=1S/C22H30N4O2.HI/c1-3-28-21-11-7-4-8-18(21)12-13-24-22(23-2)26-16-14-25(15-17-26)19-9-5-6-10-20(19)27;/h4-11,27H,3,12-17H2,1-2H3,(H,23,24);1H. The summed E-state index contributed by atoms with van der Waals surface area (Å²) in [5.41, 5.74) is 2.11. The van der Waals surface area contributed by atoms with Gasteiger partial charge >= 0.3 is 0 Å². The molecule has 6 nitrogen and oxygen atoms in total. The molecule has 0 spiro atoms. The van der Waals surface area contributed by atoms with Gasteiger partial charge in [0.05, 0.1) is 12.3 Å². The summed E-state index contributed by atoms with van der Waals surface area (Å²) in [5.74, 6) is 2.22. The zero-order valence-corrected chi connectivity index (χ0v) is 19.5. The highest BCUT2D eigenvalue weighted by molar-refractivity contribution is 14.0. The Labute approximate surface area is 190 Å². The number of piperazine rings is 1. The van der Waals surface area contributed by atoms with Crippen LogP contribution in [0, 0.1) is 0 Å². The van der Waals surface area contributed by atoms with Crippen molar-refractivity contribution in [3.8, 4) is 11.5 Å². The maximum atomic E-state index is 10.1. The van der Waals surface area contributed by atoms with Crippen LogP contribution < -0.4 is 15.0 Å². The highest BCUT2D eigenvalue weighted by Crippen LogP contribution is 2.27. The highest BCUT2D eigenvalue weighted by Gasteiger charge is 2.21. The molecule has 29 heavy (non-hydrogen) atoms. The van der Waals surface area contributed by atoms with Gasteiger partial charge in [0.15, 0.2) is 5.96 Å². The van der Waals surface area contributed by atoms with E-state index in [0.717, 1.165) is 56.5 Å². The van der Waals surface area contributed by atoms with Crippen molar-refractivity contribution in [1.29, 1.82) is 0 Å². The third kappa shape index (κ3) is 6.16. The molecule has 1 fully saturated rings. The average molecular weight is 510 g/mol. The fraction of sp³-hybridized carbons (Fsp3) is 0.409. The van der Waals surface area contributed by atoms with Crippen LogP contribution in [0.15, 0.2) is 53.5 Å². The molecule has 0 bridgehead atoms. The summed E-state index contributed by atoms with van der Waals surface area (Å²) < 4.78 is 5.71. The Morgan fingerprint density at radius 2 is 1.76 bits per heavy atom. The van der Waals surface area contributed by atoms with Crippen molar-refractivity contribution in [2.75, 3.05) is 51.3 Å². The van der Waals surface area contributed by atoms with Crippen molar-refractivity contribution in [3.05, 3.63) is 54.1 Å². The first kappa shape index (κ1) is 23.1. The number of nitrogens with zero attached hydrogens (tertiary/aromatic N) is 3. The molecule has 0 aromatic heterocycles. The van der Waals surface area contributed by atoms with Crippen LogP contribution in [0.4, 0.5) is 5.69 Å². The summed E-state index contributed by atoms with van der Waals surface area (Å²) in [5, 5.41) is 13.5. The van der Waals surface area contributed by atoms with Gasteiger partial charge in [-0.3, -0.25) is 4.99 Å². The largest absolute Gasteiger partial charge is 0.506 e. The van der Waals surface area contributed by atoms with Crippen molar-refractivity contribution in [2.24, 2.45) is 4.99 Å². The minimum absolute atomic E-state index is 0. The first-order valence-corrected chi connectivity index (χ1v) is 9.92. The maximum absolute atomic E-state index is 10.1. The number of rotatable bonds is 6. The molecule has 1 heterocycles. The van der Waals surface area contributed by atoms with E-state index < -0.39 is 0 Å². The smallest absolute Gasteiger partial charge is 0.193 e. The van der Waals surface area contributed by atoms with E-state index in [1.165, 1.54) is 5.56 Å². The van der Waals surface area contributed by atoms with E-state index in [9.17, 15) is 5.11 Å². The Hall–Kier alpha value is -2.16. The molecule has 0 unspecified atom stereocenters. The number of halogens is 1. The summed E-state index contributed by atoms with van der Waals surface area (Å²) in [4.78, 5) is 8.94. The number of phenols is 1. The van der Waals surface area contributed by atoms with Crippen molar-refractivity contribution < 1.29 is 9.84 Å². The SMILES string of the molecule is CCOc1ccccc1CCNC(=NC)N1CCN(c2ccccc2O)CC1.I. The third-order valence-electron chi connectivity index (χ3n) is 4.96. The van der Waals surface area contributed by atoms with Gasteiger partial charge in [-0.2, -0.15) is 0 Å². The van der Waals surface area contributed by atoms with Crippen molar-refractivity contribution in [3.63, 3.8) is 0 Å². The van der Waals surface area contributed by atoms with Crippen LogP contribution in [0.1, 0.15) is 12.5 Å². The van der Waals surface area contributed by atoms with Crippen molar-refractivity contribution in [1.82, 2.24) is 10.2 Å². The molecule has 0 radical (unpaired) electrons. The molecule has 0 amide bonds. The minimum Gasteiger partial charge on any atom is -0.506 e. The van der Waals surface area contributed by atoms with Gasteiger partial charge in [0.2, 0.25) is 0 Å².